The predicted octanol–water partition coefficient (Wildman–Crippen LogP) is 17.9. The third-order valence-electron chi connectivity index (χ3n) is 14.4. The molecule has 74 heavy (non-hydrogen) atoms. The molecule has 0 fully saturated rings. The Morgan fingerprint density at radius 1 is 0.500 bits per heavy atom. The van der Waals surface area contributed by atoms with E-state index in [0.717, 1.165) is 72.1 Å². The third kappa shape index (κ3) is 8.57. The van der Waals surface area contributed by atoms with Crippen LogP contribution in [0.1, 0.15) is 88.7 Å². The van der Waals surface area contributed by atoms with Crippen molar-refractivity contribution in [1.29, 1.82) is 0 Å². The zero-order valence-electron chi connectivity index (χ0n) is 46.3. The first kappa shape index (κ1) is 45.2. The number of fused-ring (bicyclic) bond motifs is 7. The first-order chi connectivity index (χ1) is 36.2. The summed E-state index contributed by atoms with van der Waals surface area (Å²) in [4.78, 5) is 9.57. The van der Waals surface area contributed by atoms with Crippen molar-refractivity contribution in [3.8, 4) is 34.1 Å². The maximum atomic E-state index is 8.90. The molecule has 0 atom stereocenters. The van der Waals surface area contributed by atoms with Crippen LogP contribution in [0, 0.1) is 25.7 Å². The van der Waals surface area contributed by atoms with Gasteiger partial charge in [-0.1, -0.05) is 147 Å². The van der Waals surface area contributed by atoms with E-state index < -0.39 is 6.85 Å². The van der Waals surface area contributed by atoms with Crippen LogP contribution in [-0.4, -0.2) is 14.1 Å². The quantitative estimate of drug-likeness (QED) is 0.149. The minimum absolute atomic E-state index is 0. The molecule has 11 aromatic rings. The van der Waals surface area contributed by atoms with Crippen LogP contribution in [0.3, 0.4) is 0 Å². The molecule has 7 heteroatoms. The van der Waals surface area contributed by atoms with Crippen molar-refractivity contribution in [1.82, 2.24) is 14.1 Å². The van der Waals surface area contributed by atoms with Crippen molar-refractivity contribution in [2.45, 2.75) is 85.4 Å². The molecule has 8 aromatic carbocycles. The van der Waals surface area contributed by atoms with Crippen molar-refractivity contribution in [3.63, 3.8) is 0 Å². The second-order valence-electron chi connectivity index (χ2n) is 22.5. The Bertz CT molecular complexity index is 4010. The van der Waals surface area contributed by atoms with Gasteiger partial charge in [0, 0.05) is 87.5 Å². The molecule has 1 aliphatic rings. The number of hydrogen-bond acceptors (Lipinski definition) is 4. The molecular formula is C67H60N5OPt-3. The second kappa shape index (κ2) is 18.2. The van der Waals surface area contributed by atoms with Gasteiger partial charge in [-0.2, -0.15) is 12.1 Å². The van der Waals surface area contributed by atoms with Gasteiger partial charge >= 0.3 is 0 Å². The molecule has 0 saturated carbocycles. The number of aryl methyl sites for hydroxylation is 1. The van der Waals surface area contributed by atoms with E-state index >= 15 is 0 Å². The van der Waals surface area contributed by atoms with Crippen molar-refractivity contribution < 1.29 is 29.9 Å². The summed E-state index contributed by atoms with van der Waals surface area (Å²) in [6.45, 7) is 20.1. The number of aromatic nitrogens is 3. The van der Waals surface area contributed by atoms with E-state index in [9.17, 15) is 0 Å². The summed E-state index contributed by atoms with van der Waals surface area (Å²) >= 11 is 0. The molecule has 1 aliphatic heterocycles. The number of nitrogens with zero attached hydrogens (tertiary/aromatic N) is 5. The molecule has 0 unspecified atom stereocenters. The van der Waals surface area contributed by atoms with Crippen LogP contribution >= 0.6 is 0 Å². The van der Waals surface area contributed by atoms with E-state index in [1.165, 1.54) is 16.7 Å². The fourth-order valence-electron chi connectivity index (χ4n) is 10.4. The predicted molar refractivity (Wildman–Crippen MR) is 305 cm³/mol. The second-order valence-corrected chi connectivity index (χ2v) is 22.5. The molecule has 372 valence electrons. The van der Waals surface area contributed by atoms with E-state index in [4.69, 9.17) is 13.8 Å². The zero-order valence-corrected chi connectivity index (χ0v) is 45.6. The minimum atomic E-state index is -2.46. The summed E-state index contributed by atoms with van der Waals surface area (Å²) in [5, 5.41) is 4.23. The number of para-hydroxylation sites is 3. The molecule has 0 bridgehead atoms. The maximum absolute atomic E-state index is 8.90. The Labute approximate surface area is 454 Å². The van der Waals surface area contributed by atoms with Crippen LogP contribution < -0.4 is 14.5 Å². The average Bonchev–Trinajstić information content (AvgIpc) is 4.12. The van der Waals surface area contributed by atoms with E-state index in [0.29, 0.717) is 28.4 Å². The molecule has 12 rings (SSSR count). The topological polar surface area (TPSA) is 38.5 Å². The van der Waals surface area contributed by atoms with Gasteiger partial charge in [0.1, 0.15) is 5.82 Å². The zero-order chi connectivity index (χ0) is 53.1. The number of benzene rings is 8. The van der Waals surface area contributed by atoms with Gasteiger partial charge in [-0.15, -0.1) is 48.1 Å². The molecule has 4 heterocycles. The van der Waals surface area contributed by atoms with Gasteiger partial charge in [0.05, 0.1) is 11.0 Å². The fourth-order valence-corrected chi connectivity index (χ4v) is 10.4. The van der Waals surface area contributed by atoms with Crippen LogP contribution in [0.25, 0.3) is 66.2 Å². The normalized spacial score (nSPS) is 13.8. The summed E-state index contributed by atoms with van der Waals surface area (Å²) < 4.78 is 37.7. The molecule has 0 spiro atoms. The molecule has 0 saturated heterocycles. The Morgan fingerprint density at radius 2 is 1.11 bits per heavy atom. The Morgan fingerprint density at radius 3 is 1.76 bits per heavy atom. The average molecular weight is 1150 g/mol. The monoisotopic (exact) mass is 1150 g/mol. The van der Waals surface area contributed by atoms with Crippen molar-refractivity contribution in [2.24, 2.45) is 0 Å². The molecule has 3 aromatic heterocycles. The number of pyridine rings is 1. The Kier molecular flexibility index (Phi) is 11.1. The first-order valence-electron chi connectivity index (χ1n) is 26.7. The summed E-state index contributed by atoms with van der Waals surface area (Å²) in [6, 6.07) is 65.6. The number of hydrogen-bond donors (Lipinski definition) is 0. The van der Waals surface area contributed by atoms with Gasteiger partial charge in [-0.3, -0.25) is 0 Å². The molecule has 0 N–H and O–H groups in total. The summed E-state index contributed by atoms with van der Waals surface area (Å²) in [7, 11) is 0. The summed E-state index contributed by atoms with van der Waals surface area (Å²) in [5.74, 6) is 1.47. The van der Waals surface area contributed by atoms with E-state index in [1.54, 1.807) is 12.3 Å². The van der Waals surface area contributed by atoms with Crippen molar-refractivity contribution in [3.05, 3.63) is 217 Å². The molecule has 0 aliphatic carbocycles. The smallest absolute Gasteiger partial charge is 0.135 e. The van der Waals surface area contributed by atoms with E-state index in [-0.39, 0.29) is 42.9 Å². The van der Waals surface area contributed by atoms with Crippen LogP contribution in [0.5, 0.6) is 11.5 Å². The van der Waals surface area contributed by atoms with Gasteiger partial charge in [0.2, 0.25) is 0 Å². The fraction of sp³-hybridized carbons (Fsp3) is 0.194. The number of rotatable bonds is 7. The molecule has 6 nitrogen and oxygen atoms in total. The maximum Gasteiger partial charge on any atom is 0.135 e. The third-order valence-corrected chi connectivity index (χ3v) is 14.4. The van der Waals surface area contributed by atoms with Gasteiger partial charge in [-0.25, -0.2) is 4.98 Å². The largest absolute Gasteiger partial charge is 0.509 e. The van der Waals surface area contributed by atoms with E-state index in [1.807, 2.05) is 71.3 Å². The number of anilines is 4. The van der Waals surface area contributed by atoms with Gasteiger partial charge in [0.25, 0.3) is 0 Å². The first-order valence-corrected chi connectivity index (χ1v) is 25.2. The molecule has 0 amide bonds. The van der Waals surface area contributed by atoms with Crippen molar-refractivity contribution >= 4 is 66.4 Å². The van der Waals surface area contributed by atoms with Crippen molar-refractivity contribution in [2.75, 3.05) is 9.80 Å². The number of ether oxygens (including phenoxy) is 1. The molecular weight excluding hydrogens is 1090 g/mol. The summed E-state index contributed by atoms with van der Waals surface area (Å²) in [6.07, 6.45) is 1.70. The van der Waals surface area contributed by atoms with Gasteiger partial charge in [-0.05, 0) is 117 Å². The van der Waals surface area contributed by atoms with Crippen LogP contribution in [0.15, 0.2) is 176 Å². The van der Waals surface area contributed by atoms with Gasteiger partial charge in [0.15, 0.2) is 0 Å². The van der Waals surface area contributed by atoms with Gasteiger partial charge < -0.3 is 23.7 Å². The summed E-state index contributed by atoms with van der Waals surface area (Å²) in [5.41, 5.74) is 13.9. The Balaban J connectivity index is 0.00000631. The van der Waals surface area contributed by atoms with Crippen LogP contribution in [0.4, 0.5) is 22.7 Å². The van der Waals surface area contributed by atoms with Crippen LogP contribution in [-0.2, 0) is 37.3 Å². The SMILES string of the molecule is [2H]C([2H])([2H])c1cc(-n2c3[c-]c(Oc4[c-]c(N5[CH-]N(c6cc(C(C)(C)C)cc(C(C)(C)C)c6)c6ccc(C(C)(C)C)cc65)ccc4)ccc3c3ccccc32)ncc1-c1cccc(-n2c3ccccc3c3ccccc32)c1.[Pt]. The Hall–Kier alpha value is -7.40. The standard InChI is InChI=1S/C67H60N5O.Pt/c1-43-33-64(68-41-57(43)44-19-17-21-49(34-44)71-58-26-14-11-23-53(58)54-24-12-15-27-59(54)71)72-60-28-16-13-25-55(60)56-31-30-52(40-62(56)72)73-51-22-18-20-48(39-51)69-42-70(61-32-29-45(38-63(61)69)65(2,3)4)50-36-46(66(5,6)7)35-47(37-50)67(8,9)10;/h11-38,41-42H,1-10H3;/q-3;/i1D3;. The molecule has 0 radical (unpaired) electrons. The minimum Gasteiger partial charge on any atom is -0.509 e. The van der Waals surface area contributed by atoms with E-state index in [2.05, 4.69) is 193 Å². The van der Waals surface area contributed by atoms with Crippen LogP contribution in [0.2, 0.25) is 0 Å².